The van der Waals surface area contributed by atoms with Crippen LogP contribution in [0.3, 0.4) is 0 Å². The number of cyclic esters (lactones) is 1. The van der Waals surface area contributed by atoms with E-state index < -0.39 is 143 Å². The lowest BCUT2D eigenvalue weighted by Crippen LogP contribution is -2.60. The summed E-state index contributed by atoms with van der Waals surface area (Å²) in [6.07, 6.45) is -7.06. The summed E-state index contributed by atoms with van der Waals surface area (Å²) in [4.78, 5) is 121. The lowest BCUT2D eigenvalue weighted by Gasteiger charge is -2.39. The fourth-order valence-electron chi connectivity index (χ4n) is 10.3. The van der Waals surface area contributed by atoms with Crippen LogP contribution in [0.1, 0.15) is 148 Å². The minimum atomic E-state index is -1.62. The fourth-order valence-corrected chi connectivity index (χ4v) is 10.5. The number of aryl methyl sites for hydroxylation is 2. The van der Waals surface area contributed by atoms with Gasteiger partial charge < -0.3 is 66.3 Å². The van der Waals surface area contributed by atoms with Crippen LogP contribution in [0.2, 0.25) is 5.02 Å². The molecule has 2 heterocycles. The van der Waals surface area contributed by atoms with Crippen LogP contribution in [-0.2, 0) is 70.2 Å². The van der Waals surface area contributed by atoms with Crippen LogP contribution < -0.4 is 26.6 Å². The number of carbonyl (C=O) groups is 9. The number of amides is 5. The molecule has 0 saturated carbocycles. The second-order valence-electron chi connectivity index (χ2n) is 24.4. The van der Waals surface area contributed by atoms with Gasteiger partial charge in [-0.05, 0) is 99.6 Å². The standard InChI is InChI=1S/C63H92ClN5O17/c1-33(2)28-45-60(82)85-48(14-12-15-51(73)67-44(30-40-19-18-35(5)43(64)29-40)59(81)66-38(8)63(9,10)62(83)68-45)37(7)55(77)36(6)41-23-20-39(21-24-41)22-26-46(70)42(31-47(71)54(34(3)4)69-52(74)16-13-17-53(75)76)25-27-50(72)65-32-49-56(78)57(79)58(80)61(84-11)86-49/h12,15,18-21,23-24,29,33-34,36-38,42,44-45,48-49,54-58,61,77-80H,13-14,16-17,22,25-28,30-32H2,1-11H3,(H,65,72)(H,66,81)(H,67,73)(H,68,83)(H,69,74)(H,75,76)/b15-12+/t36-,37+,38+,42-,44-,45+,48+,49-,54+,55+,56-,57+,58-,61-/m1/s1. The molecule has 14 atom stereocenters. The lowest BCUT2D eigenvalue weighted by molar-refractivity contribution is -0.288. The number of rotatable bonds is 27. The van der Waals surface area contributed by atoms with E-state index in [1.165, 1.54) is 19.3 Å². The maximum Gasteiger partial charge on any atom is 0.328 e. The average molecular weight is 1230 g/mol. The van der Waals surface area contributed by atoms with E-state index in [0.29, 0.717) is 16.1 Å². The van der Waals surface area contributed by atoms with Crippen molar-refractivity contribution in [1.82, 2.24) is 26.6 Å². The average Bonchev–Trinajstić information content (AvgIpc) is 3.52. The van der Waals surface area contributed by atoms with Gasteiger partial charge in [-0.25, -0.2) is 4.79 Å². The summed E-state index contributed by atoms with van der Waals surface area (Å²) >= 11 is 6.42. The molecule has 0 aromatic heterocycles. The van der Waals surface area contributed by atoms with E-state index in [1.54, 1.807) is 78.8 Å². The molecule has 0 aliphatic carbocycles. The zero-order valence-electron chi connectivity index (χ0n) is 51.4. The first-order valence-electron chi connectivity index (χ1n) is 29.7. The quantitative estimate of drug-likeness (QED) is 0.0560. The van der Waals surface area contributed by atoms with Crippen LogP contribution >= 0.6 is 11.6 Å². The van der Waals surface area contributed by atoms with Gasteiger partial charge in [0.05, 0.1) is 17.6 Å². The highest BCUT2D eigenvalue weighted by atomic mass is 35.5. The van der Waals surface area contributed by atoms with Gasteiger partial charge in [-0.15, -0.1) is 0 Å². The molecule has 0 radical (unpaired) electrons. The third-order valence-electron chi connectivity index (χ3n) is 16.5. The monoisotopic (exact) mass is 1230 g/mol. The van der Waals surface area contributed by atoms with E-state index in [2.05, 4.69) is 26.6 Å². The number of Topliss-reactive ketones (excluding diaryl/α,β-unsaturated/α-hetero) is 2. The van der Waals surface area contributed by atoms with Gasteiger partial charge in [0.2, 0.25) is 29.5 Å². The molecule has 0 spiro atoms. The van der Waals surface area contributed by atoms with Crippen molar-refractivity contribution in [2.45, 2.75) is 213 Å². The number of ketones is 2. The molecule has 2 aromatic carbocycles. The zero-order valence-corrected chi connectivity index (χ0v) is 52.2. The van der Waals surface area contributed by atoms with E-state index in [-0.39, 0.29) is 88.9 Å². The number of carboxylic acid groups (broad SMARTS) is 1. The highest BCUT2D eigenvalue weighted by Crippen LogP contribution is 2.31. The van der Waals surface area contributed by atoms with Gasteiger partial charge in [-0.3, -0.25) is 38.4 Å². The molecule has 4 rings (SSSR count). The SMILES string of the molecule is CO[C@@H]1O[C@H](CNC(=O)CC[C@H](CC(=O)[C@@H](NC(=O)CCCC(=O)O)C(C)C)C(=O)CCc2ccc([C@@H](C)[C@H](O)[C@@H](C)[C@@H]3C/C=C/C(=O)N[C@H](Cc4ccc(C)c(Cl)c4)C(=O)N[C@@H](C)C(C)(C)C(=O)N[C@@H](CC(C)C)C(=O)O3)cc2)[C@@H](O)[C@H](O)[C@H]1O. The van der Waals surface area contributed by atoms with E-state index >= 15 is 0 Å². The van der Waals surface area contributed by atoms with Gasteiger partial charge in [0.15, 0.2) is 12.1 Å². The first kappa shape index (κ1) is 72.3. The predicted molar refractivity (Wildman–Crippen MR) is 319 cm³/mol. The van der Waals surface area contributed by atoms with E-state index in [4.69, 9.17) is 30.9 Å². The van der Waals surface area contributed by atoms with E-state index in [1.807, 2.05) is 32.9 Å². The van der Waals surface area contributed by atoms with Crippen molar-refractivity contribution in [3.8, 4) is 0 Å². The van der Waals surface area contributed by atoms with Crippen LogP contribution in [0.25, 0.3) is 0 Å². The van der Waals surface area contributed by atoms with Crippen molar-refractivity contribution in [3.63, 3.8) is 0 Å². The van der Waals surface area contributed by atoms with Crippen molar-refractivity contribution in [2.75, 3.05) is 13.7 Å². The molecule has 1 fully saturated rings. The van der Waals surface area contributed by atoms with Crippen molar-refractivity contribution in [2.24, 2.45) is 29.1 Å². The number of halogens is 1. The van der Waals surface area contributed by atoms with Gasteiger partial charge in [0, 0.05) is 87.4 Å². The molecular formula is C63H92ClN5O17. The topological polar surface area (TPSA) is 343 Å². The molecule has 0 bridgehead atoms. The zero-order chi connectivity index (χ0) is 64.3. The Morgan fingerprint density at radius 3 is 2.10 bits per heavy atom. The minimum Gasteiger partial charge on any atom is -0.481 e. The number of aliphatic carboxylic acids is 1. The number of carboxylic acids is 1. The second-order valence-corrected chi connectivity index (χ2v) is 24.8. The summed E-state index contributed by atoms with van der Waals surface area (Å²) in [5, 5.41) is 66.3. The lowest BCUT2D eigenvalue weighted by atomic mass is 9.83. The molecule has 5 amide bonds. The summed E-state index contributed by atoms with van der Waals surface area (Å²) < 4.78 is 16.8. The molecule has 22 nitrogen and oxygen atoms in total. The third kappa shape index (κ3) is 21.6. The number of nitrogens with one attached hydrogen (secondary N) is 5. The number of esters is 1. The van der Waals surface area contributed by atoms with Crippen molar-refractivity contribution >= 4 is 64.6 Å². The summed E-state index contributed by atoms with van der Waals surface area (Å²) in [5.74, 6) is -8.11. The Bertz CT molecular complexity index is 2680. The molecule has 2 aromatic rings. The van der Waals surface area contributed by atoms with E-state index in [9.17, 15) is 63.6 Å². The highest BCUT2D eigenvalue weighted by Gasteiger charge is 2.44. The molecule has 0 unspecified atom stereocenters. The normalized spacial score (nSPS) is 25.3. The summed E-state index contributed by atoms with van der Waals surface area (Å²) in [7, 11) is 1.24. The van der Waals surface area contributed by atoms with Gasteiger partial charge in [-0.1, -0.05) is 95.6 Å². The van der Waals surface area contributed by atoms with Gasteiger partial charge in [0.1, 0.15) is 48.4 Å². The Morgan fingerprint density at radius 1 is 0.826 bits per heavy atom. The van der Waals surface area contributed by atoms with Crippen molar-refractivity contribution < 1.29 is 82.9 Å². The third-order valence-corrected chi connectivity index (χ3v) is 16.9. The second kappa shape index (κ2) is 33.8. The maximum atomic E-state index is 14.2. The molecular weight excluding hydrogens is 1130 g/mol. The van der Waals surface area contributed by atoms with E-state index in [0.717, 1.165) is 11.1 Å². The maximum absolute atomic E-state index is 14.2. The number of methoxy groups -OCH3 is 1. The van der Waals surface area contributed by atoms with Crippen LogP contribution in [0.15, 0.2) is 54.6 Å². The van der Waals surface area contributed by atoms with Crippen LogP contribution in [0.4, 0.5) is 0 Å². The Hall–Kier alpha value is -6.14. The highest BCUT2D eigenvalue weighted by molar-refractivity contribution is 6.31. The Morgan fingerprint density at radius 2 is 1.49 bits per heavy atom. The summed E-state index contributed by atoms with van der Waals surface area (Å²) in [5.41, 5.74) is 1.70. The van der Waals surface area contributed by atoms with Gasteiger partial charge >= 0.3 is 11.9 Å². The molecule has 2 aliphatic heterocycles. The molecule has 2 aliphatic rings. The predicted octanol–water partition coefficient (Wildman–Crippen LogP) is 4.23. The molecule has 23 heteroatoms. The van der Waals surface area contributed by atoms with Gasteiger partial charge in [0.25, 0.3) is 0 Å². The molecule has 1 saturated heterocycles. The van der Waals surface area contributed by atoms with Crippen LogP contribution in [-0.4, -0.2) is 159 Å². The Balaban J connectivity index is 1.53. The number of carbonyl (C=O) groups excluding carboxylic acids is 8. The number of aliphatic hydroxyl groups is 4. The number of aliphatic hydroxyl groups excluding tert-OH is 4. The van der Waals surface area contributed by atoms with Crippen molar-refractivity contribution in [1.29, 1.82) is 0 Å². The molecule has 478 valence electrons. The smallest absolute Gasteiger partial charge is 0.328 e. The number of ether oxygens (including phenoxy) is 3. The molecule has 10 N–H and O–H groups in total. The van der Waals surface area contributed by atoms with Crippen molar-refractivity contribution in [3.05, 3.63) is 81.9 Å². The summed E-state index contributed by atoms with van der Waals surface area (Å²) in [6.45, 7) is 17.2. The summed E-state index contributed by atoms with van der Waals surface area (Å²) in [6, 6.07) is 8.57. The number of hydrogen-bond donors (Lipinski definition) is 10. The minimum absolute atomic E-state index is 0.0311. The van der Waals surface area contributed by atoms with Gasteiger partial charge in [-0.2, -0.15) is 0 Å². The Labute approximate surface area is 509 Å². The number of benzene rings is 2. The first-order valence-corrected chi connectivity index (χ1v) is 30.1. The van der Waals surface area contributed by atoms with Crippen LogP contribution in [0, 0.1) is 36.0 Å². The first-order chi connectivity index (χ1) is 40.3. The fraction of sp³-hybridized carbons (Fsp3) is 0.635. The molecule has 86 heavy (non-hydrogen) atoms. The largest absolute Gasteiger partial charge is 0.481 e. The van der Waals surface area contributed by atoms with Crippen LogP contribution in [0.5, 0.6) is 0 Å². The number of hydrogen-bond acceptors (Lipinski definition) is 16. The Kier molecular flexibility index (Phi) is 28.5.